The first-order chi connectivity index (χ1) is 6.30. The molecule has 1 aliphatic rings. The molecular weight excluding hydrogens is 160 g/mol. The molecule has 0 radical (unpaired) electrons. The largest absolute Gasteiger partial charge is 0.299 e. The zero-order chi connectivity index (χ0) is 9.52. The zero-order valence-corrected chi connectivity index (χ0v) is 8.59. The van der Waals surface area contributed by atoms with Crippen LogP contribution >= 0.6 is 0 Å². The van der Waals surface area contributed by atoms with E-state index in [0.29, 0.717) is 5.78 Å². The number of carbonyl (C=O) groups is 1. The van der Waals surface area contributed by atoms with Gasteiger partial charge in [0, 0.05) is 12.3 Å². The summed E-state index contributed by atoms with van der Waals surface area (Å²) in [5, 5.41) is 0. The van der Waals surface area contributed by atoms with Gasteiger partial charge in [0.2, 0.25) is 0 Å². The Balaban J connectivity index is 2.39. The topological polar surface area (TPSA) is 17.1 Å². The van der Waals surface area contributed by atoms with E-state index in [-0.39, 0.29) is 5.92 Å². The molecule has 0 heterocycles. The van der Waals surface area contributed by atoms with E-state index in [1.165, 1.54) is 19.3 Å². The standard InChI is InChI=1S/C12H20O/c1-11-9-7-5-3-2-4-6-8-10-12(11)13/h3,5,11H,2,4,6-10H2,1H3/b5-3+. The monoisotopic (exact) mass is 180 g/mol. The van der Waals surface area contributed by atoms with Gasteiger partial charge < -0.3 is 0 Å². The molecule has 1 heteroatoms. The maximum Gasteiger partial charge on any atom is 0.135 e. The molecule has 0 saturated heterocycles. The third kappa shape index (κ3) is 4.25. The fraction of sp³-hybridized carbons (Fsp3) is 0.750. The summed E-state index contributed by atoms with van der Waals surface area (Å²) < 4.78 is 0. The highest BCUT2D eigenvalue weighted by Gasteiger charge is 2.11. The van der Waals surface area contributed by atoms with Crippen LogP contribution in [0, 0.1) is 5.92 Å². The molecule has 0 aliphatic heterocycles. The van der Waals surface area contributed by atoms with E-state index in [9.17, 15) is 4.79 Å². The lowest BCUT2D eigenvalue weighted by Crippen LogP contribution is -2.10. The molecule has 0 amide bonds. The van der Waals surface area contributed by atoms with Crippen LogP contribution in [0.15, 0.2) is 12.2 Å². The first kappa shape index (κ1) is 10.5. The van der Waals surface area contributed by atoms with Gasteiger partial charge in [-0.25, -0.2) is 0 Å². The zero-order valence-electron chi connectivity index (χ0n) is 8.59. The van der Waals surface area contributed by atoms with Crippen LogP contribution in [0.1, 0.15) is 51.9 Å². The number of hydrogen-bond acceptors (Lipinski definition) is 1. The van der Waals surface area contributed by atoms with Crippen molar-refractivity contribution in [2.45, 2.75) is 51.9 Å². The van der Waals surface area contributed by atoms with E-state index in [1.807, 2.05) is 0 Å². The Morgan fingerprint density at radius 1 is 1.15 bits per heavy atom. The number of allylic oxidation sites excluding steroid dienone is 2. The minimum Gasteiger partial charge on any atom is -0.299 e. The number of carbonyl (C=O) groups excluding carboxylic acids is 1. The van der Waals surface area contributed by atoms with Gasteiger partial charge in [-0.05, 0) is 32.1 Å². The Labute approximate surface area is 81.2 Å². The number of hydrogen-bond donors (Lipinski definition) is 0. The van der Waals surface area contributed by atoms with Crippen LogP contribution in [0.5, 0.6) is 0 Å². The summed E-state index contributed by atoms with van der Waals surface area (Å²) >= 11 is 0. The van der Waals surface area contributed by atoms with Crippen molar-refractivity contribution >= 4 is 5.78 Å². The van der Waals surface area contributed by atoms with Crippen LogP contribution < -0.4 is 0 Å². The van der Waals surface area contributed by atoms with E-state index in [4.69, 9.17) is 0 Å². The van der Waals surface area contributed by atoms with Crippen molar-refractivity contribution in [2.75, 3.05) is 0 Å². The van der Waals surface area contributed by atoms with E-state index >= 15 is 0 Å². The van der Waals surface area contributed by atoms with Crippen molar-refractivity contribution in [2.24, 2.45) is 5.92 Å². The summed E-state index contributed by atoms with van der Waals surface area (Å²) in [6, 6.07) is 0. The van der Waals surface area contributed by atoms with E-state index in [1.54, 1.807) is 0 Å². The molecule has 1 aliphatic carbocycles. The lowest BCUT2D eigenvalue weighted by atomic mass is 9.97. The van der Waals surface area contributed by atoms with Gasteiger partial charge in [-0.2, -0.15) is 0 Å². The molecular formula is C12H20O. The van der Waals surface area contributed by atoms with Crippen molar-refractivity contribution in [3.63, 3.8) is 0 Å². The van der Waals surface area contributed by atoms with Crippen LogP contribution in [0.25, 0.3) is 0 Å². The van der Waals surface area contributed by atoms with Crippen LogP contribution in [0.2, 0.25) is 0 Å². The second-order valence-electron chi connectivity index (χ2n) is 4.02. The number of ketones is 1. The van der Waals surface area contributed by atoms with Crippen LogP contribution in [0.4, 0.5) is 0 Å². The summed E-state index contributed by atoms with van der Waals surface area (Å²) in [6.07, 6.45) is 12.2. The van der Waals surface area contributed by atoms with Crippen molar-refractivity contribution in [1.29, 1.82) is 0 Å². The molecule has 0 aromatic rings. The highest BCUT2D eigenvalue weighted by Crippen LogP contribution is 2.14. The van der Waals surface area contributed by atoms with Gasteiger partial charge in [-0.1, -0.05) is 25.5 Å². The van der Waals surface area contributed by atoms with Gasteiger partial charge in [0.1, 0.15) is 5.78 Å². The lowest BCUT2D eigenvalue weighted by Gasteiger charge is -2.07. The fourth-order valence-corrected chi connectivity index (χ4v) is 1.73. The summed E-state index contributed by atoms with van der Waals surface area (Å²) in [7, 11) is 0. The molecule has 1 unspecified atom stereocenters. The Bertz CT molecular complexity index is 182. The molecule has 0 N–H and O–H groups in total. The van der Waals surface area contributed by atoms with E-state index < -0.39 is 0 Å². The van der Waals surface area contributed by atoms with E-state index in [0.717, 1.165) is 25.7 Å². The second kappa shape index (κ2) is 5.95. The van der Waals surface area contributed by atoms with Gasteiger partial charge in [0.25, 0.3) is 0 Å². The summed E-state index contributed by atoms with van der Waals surface area (Å²) in [5.41, 5.74) is 0. The maximum atomic E-state index is 11.5. The number of Topliss-reactive ketones (excluding diaryl/α,β-unsaturated/α-hetero) is 1. The summed E-state index contributed by atoms with van der Waals surface area (Å²) in [6.45, 7) is 2.06. The third-order valence-corrected chi connectivity index (χ3v) is 2.78. The predicted octanol–water partition coefficient (Wildman–Crippen LogP) is 3.49. The molecule has 74 valence electrons. The highest BCUT2D eigenvalue weighted by atomic mass is 16.1. The Morgan fingerprint density at radius 3 is 2.77 bits per heavy atom. The fourth-order valence-electron chi connectivity index (χ4n) is 1.73. The average Bonchev–Trinajstić information content (AvgIpc) is 2.16. The smallest absolute Gasteiger partial charge is 0.135 e. The molecule has 0 saturated carbocycles. The molecule has 1 atom stereocenters. The van der Waals surface area contributed by atoms with Gasteiger partial charge in [-0.15, -0.1) is 0 Å². The summed E-state index contributed by atoms with van der Waals surface area (Å²) in [4.78, 5) is 11.5. The molecule has 0 fully saturated rings. The van der Waals surface area contributed by atoms with Crippen LogP contribution in [0.3, 0.4) is 0 Å². The highest BCUT2D eigenvalue weighted by molar-refractivity contribution is 5.80. The van der Waals surface area contributed by atoms with Crippen molar-refractivity contribution in [1.82, 2.24) is 0 Å². The average molecular weight is 180 g/mol. The molecule has 1 nitrogen and oxygen atoms in total. The van der Waals surface area contributed by atoms with Gasteiger partial charge >= 0.3 is 0 Å². The van der Waals surface area contributed by atoms with Crippen molar-refractivity contribution in [3.05, 3.63) is 12.2 Å². The second-order valence-corrected chi connectivity index (χ2v) is 4.02. The van der Waals surface area contributed by atoms with Crippen molar-refractivity contribution in [3.8, 4) is 0 Å². The van der Waals surface area contributed by atoms with Gasteiger partial charge in [-0.3, -0.25) is 4.79 Å². The summed E-state index contributed by atoms with van der Waals surface area (Å²) in [5.74, 6) is 0.748. The first-order valence-electron chi connectivity index (χ1n) is 5.48. The Morgan fingerprint density at radius 2 is 1.92 bits per heavy atom. The third-order valence-electron chi connectivity index (χ3n) is 2.78. The van der Waals surface area contributed by atoms with Crippen LogP contribution in [-0.4, -0.2) is 5.78 Å². The Hall–Kier alpha value is -0.590. The Kier molecular flexibility index (Phi) is 4.81. The molecule has 1 rings (SSSR count). The number of rotatable bonds is 0. The SMILES string of the molecule is CC1CC/C=C/CCCCCC1=O. The van der Waals surface area contributed by atoms with Gasteiger partial charge in [0.05, 0.1) is 0 Å². The predicted molar refractivity (Wildman–Crippen MR) is 55.6 cm³/mol. The molecule has 0 bridgehead atoms. The van der Waals surface area contributed by atoms with Gasteiger partial charge in [0.15, 0.2) is 0 Å². The molecule has 0 aromatic heterocycles. The van der Waals surface area contributed by atoms with E-state index in [2.05, 4.69) is 19.1 Å². The quantitative estimate of drug-likeness (QED) is 0.521. The minimum absolute atomic E-state index is 0.280. The molecule has 13 heavy (non-hydrogen) atoms. The van der Waals surface area contributed by atoms with Crippen molar-refractivity contribution < 1.29 is 4.79 Å². The molecule has 0 spiro atoms. The maximum absolute atomic E-state index is 11.5. The molecule has 0 aromatic carbocycles. The lowest BCUT2D eigenvalue weighted by molar-refractivity contribution is -0.122. The van der Waals surface area contributed by atoms with Crippen LogP contribution in [-0.2, 0) is 4.79 Å². The normalized spacial score (nSPS) is 29.3. The first-order valence-corrected chi connectivity index (χ1v) is 5.48. The minimum atomic E-state index is 0.280.